The molecule has 1 aliphatic heterocycles. The Morgan fingerprint density at radius 3 is 2.59 bits per heavy atom. The molecule has 1 saturated carbocycles. The number of ether oxygens (including phenoxy) is 3. The maximum atomic E-state index is 11.9. The average Bonchev–Trinajstić information content (AvgIpc) is 2.63. The Hall–Kier alpha value is -2.09. The van der Waals surface area contributed by atoms with Gasteiger partial charge in [-0.05, 0) is 46.5 Å². The highest BCUT2D eigenvalue weighted by molar-refractivity contribution is 5.68. The topological polar surface area (TPSA) is 85.8 Å². The molecular formula is C19H30N4O4. The van der Waals surface area contributed by atoms with Crippen molar-refractivity contribution in [2.75, 3.05) is 31.2 Å². The number of carbonyl (C=O) groups excluding carboxylic acids is 1. The molecule has 0 unspecified atom stereocenters. The molecule has 2 fully saturated rings. The molecule has 1 aromatic rings. The van der Waals surface area contributed by atoms with Gasteiger partial charge in [-0.25, -0.2) is 9.78 Å². The van der Waals surface area contributed by atoms with Crippen LogP contribution in [0.1, 0.15) is 46.5 Å². The zero-order chi connectivity index (χ0) is 19.3. The van der Waals surface area contributed by atoms with Crippen molar-refractivity contribution in [3.8, 4) is 5.88 Å². The summed E-state index contributed by atoms with van der Waals surface area (Å²) in [6.45, 7) is 8.58. The van der Waals surface area contributed by atoms with Crippen LogP contribution in [0.15, 0.2) is 12.3 Å². The summed E-state index contributed by atoms with van der Waals surface area (Å²) in [5, 5.41) is 2.95. The van der Waals surface area contributed by atoms with Crippen molar-refractivity contribution in [3.05, 3.63) is 12.3 Å². The van der Waals surface area contributed by atoms with Crippen LogP contribution in [-0.4, -0.2) is 60.1 Å². The van der Waals surface area contributed by atoms with Gasteiger partial charge >= 0.3 is 6.09 Å². The fourth-order valence-corrected chi connectivity index (χ4v) is 3.28. The lowest BCUT2D eigenvalue weighted by Crippen LogP contribution is -2.42. The van der Waals surface area contributed by atoms with Crippen molar-refractivity contribution in [3.63, 3.8) is 0 Å². The number of nitrogens with zero attached hydrogens (tertiary/aromatic N) is 3. The number of aromatic nitrogens is 2. The summed E-state index contributed by atoms with van der Waals surface area (Å²) >= 11 is 0. The number of anilines is 1. The molecule has 1 amide bonds. The summed E-state index contributed by atoms with van der Waals surface area (Å²) in [7, 11) is 0. The smallest absolute Gasteiger partial charge is 0.407 e. The van der Waals surface area contributed by atoms with Gasteiger partial charge in [-0.15, -0.1) is 0 Å². The Morgan fingerprint density at radius 1 is 1.22 bits per heavy atom. The van der Waals surface area contributed by atoms with Crippen molar-refractivity contribution in [2.24, 2.45) is 0 Å². The van der Waals surface area contributed by atoms with E-state index in [9.17, 15) is 4.79 Å². The molecule has 2 heterocycles. The van der Waals surface area contributed by atoms with Gasteiger partial charge in [0.1, 0.15) is 11.7 Å². The van der Waals surface area contributed by atoms with Crippen LogP contribution in [0.5, 0.6) is 5.88 Å². The summed E-state index contributed by atoms with van der Waals surface area (Å²) in [4.78, 5) is 22.9. The van der Waals surface area contributed by atoms with E-state index in [1.54, 1.807) is 12.3 Å². The number of hydrogen-bond acceptors (Lipinski definition) is 7. The van der Waals surface area contributed by atoms with Gasteiger partial charge in [0.25, 0.3) is 0 Å². The predicted molar refractivity (Wildman–Crippen MR) is 101 cm³/mol. The van der Waals surface area contributed by atoms with E-state index in [4.69, 9.17) is 14.2 Å². The number of rotatable bonds is 4. The number of nitrogens with one attached hydrogen (secondary N) is 1. The average molecular weight is 378 g/mol. The summed E-state index contributed by atoms with van der Waals surface area (Å²) < 4.78 is 16.8. The van der Waals surface area contributed by atoms with E-state index in [1.807, 2.05) is 20.8 Å². The van der Waals surface area contributed by atoms with Gasteiger partial charge < -0.3 is 24.4 Å². The lowest BCUT2D eigenvalue weighted by molar-refractivity contribution is 0.0469. The predicted octanol–water partition coefficient (Wildman–Crippen LogP) is 2.53. The Bertz CT molecular complexity index is 620. The third-order valence-electron chi connectivity index (χ3n) is 4.59. The van der Waals surface area contributed by atoms with Crippen LogP contribution in [0.3, 0.4) is 0 Å². The van der Waals surface area contributed by atoms with E-state index < -0.39 is 5.60 Å². The first-order valence-electron chi connectivity index (χ1n) is 9.71. The molecule has 1 aliphatic carbocycles. The van der Waals surface area contributed by atoms with Crippen LogP contribution >= 0.6 is 0 Å². The molecule has 150 valence electrons. The van der Waals surface area contributed by atoms with Crippen LogP contribution < -0.4 is 15.0 Å². The van der Waals surface area contributed by atoms with Gasteiger partial charge in [0.05, 0.1) is 13.2 Å². The SMILES string of the molecule is CC(C)(C)OC(=O)NC1CCC(Oc2ccnc(N3CCOCC3)n2)CC1. The minimum atomic E-state index is -0.477. The minimum Gasteiger partial charge on any atom is -0.474 e. The van der Waals surface area contributed by atoms with Crippen molar-refractivity contribution in [1.29, 1.82) is 0 Å². The van der Waals surface area contributed by atoms with Crippen molar-refractivity contribution >= 4 is 12.0 Å². The molecule has 27 heavy (non-hydrogen) atoms. The molecule has 8 heteroatoms. The monoisotopic (exact) mass is 378 g/mol. The zero-order valence-electron chi connectivity index (χ0n) is 16.4. The Labute approximate surface area is 160 Å². The first kappa shape index (κ1) is 19.7. The number of morpholine rings is 1. The molecule has 0 atom stereocenters. The molecule has 0 radical (unpaired) electrons. The summed E-state index contributed by atoms with van der Waals surface area (Å²) in [5.41, 5.74) is -0.477. The summed E-state index contributed by atoms with van der Waals surface area (Å²) in [5.74, 6) is 1.30. The number of alkyl carbamates (subject to hydrolysis) is 1. The molecule has 0 spiro atoms. The molecule has 0 aromatic carbocycles. The normalized spacial score (nSPS) is 23.6. The standard InChI is InChI=1S/C19H30N4O4/c1-19(2,3)27-18(24)21-14-4-6-15(7-5-14)26-16-8-9-20-17(22-16)23-10-12-25-13-11-23/h8-9,14-15H,4-7,10-13H2,1-3H3,(H,21,24). The van der Waals surface area contributed by atoms with Crippen molar-refractivity contribution in [2.45, 2.75) is 64.2 Å². The van der Waals surface area contributed by atoms with Crippen molar-refractivity contribution < 1.29 is 19.0 Å². The second-order valence-corrected chi connectivity index (χ2v) is 8.03. The van der Waals surface area contributed by atoms with E-state index >= 15 is 0 Å². The molecule has 3 rings (SSSR count). The van der Waals surface area contributed by atoms with Crippen LogP contribution in [0.4, 0.5) is 10.7 Å². The van der Waals surface area contributed by atoms with Gasteiger partial charge in [0.15, 0.2) is 0 Å². The molecule has 1 N–H and O–H groups in total. The Morgan fingerprint density at radius 2 is 1.93 bits per heavy atom. The molecule has 1 saturated heterocycles. The quantitative estimate of drug-likeness (QED) is 0.861. The highest BCUT2D eigenvalue weighted by Gasteiger charge is 2.26. The number of amides is 1. The Balaban J connectivity index is 1.46. The number of carbonyl (C=O) groups is 1. The van der Waals surface area contributed by atoms with Gasteiger partial charge in [-0.3, -0.25) is 0 Å². The van der Waals surface area contributed by atoms with Gasteiger partial charge in [-0.1, -0.05) is 0 Å². The fraction of sp³-hybridized carbons (Fsp3) is 0.737. The first-order valence-corrected chi connectivity index (χ1v) is 9.71. The molecule has 2 aliphatic rings. The lowest BCUT2D eigenvalue weighted by Gasteiger charge is -2.30. The summed E-state index contributed by atoms with van der Waals surface area (Å²) in [6, 6.07) is 1.93. The van der Waals surface area contributed by atoms with E-state index in [1.165, 1.54) is 0 Å². The van der Waals surface area contributed by atoms with Crippen LogP contribution in [0, 0.1) is 0 Å². The third-order valence-corrected chi connectivity index (χ3v) is 4.59. The van der Waals surface area contributed by atoms with E-state index in [0.717, 1.165) is 38.8 Å². The number of hydrogen-bond donors (Lipinski definition) is 1. The van der Waals surface area contributed by atoms with Crippen LogP contribution in [-0.2, 0) is 9.47 Å². The second kappa shape index (κ2) is 8.73. The maximum absolute atomic E-state index is 11.9. The molecular weight excluding hydrogens is 348 g/mol. The first-order chi connectivity index (χ1) is 12.9. The van der Waals surface area contributed by atoms with Crippen LogP contribution in [0.25, 0.3) is 0 Å². The van der Waals surface area contributed by atoms with E-state index in [0.29, 0.717) is 25.0 Å². The third kappa shape index (κ3) is 6.23. The van der Waals surface area contributed by atoms with Crippen LogP contribution in [0.2, 0.25) is 0 Å². The summed E-state index contributed by atoms with van der Waals surface area (Å²) in [6.07, 6.45) is 4.97. The highest BCUT2D eigenvalue weighted by atomic mass is 16.6. The molecule has 8 nitrogen and oxygen atoms in total. The lowest BCUT2D eigenvalue weighted by atomic mass is 9.93. The van der Waals surface area contributed by atoms with E-state index in [2.05, 4.69) is 20.2 Å². The highest BCUT2D eigenvalue weighted by Crippen LogP contribution is 2.24. The van der Waals surface area contributed by atoms with Gasteiger partial charge in [0.2, 0.25) is 11.8 Å². The Kier molecular flexibility index (Phi) is 6.36. The maximum Gasteiger partial charge on any atom is 0.407 e. The van der Waals surface area contributed by atoms with Gasteiger partial charge in [0, 0.05) is 31.4 Å². The van der Waals surface area contributed by atoms with E-state index in [-0.39, 0.29) is 18.2 Å². The second-order valence-electron chi connectivity index (χ2n) is 8.03. The minimum absolute atomic E-state index is 0.106. The molecule has 1 aromatic heterocycles. The fourth-order valence-electron chi connectivity index (χ4n) is 3.28. The molecule has 0 bridgehead atoms. The zero-order valence-corrected chi connectivity index (χ0v) is 16.4. The van der Waals surface area contributed by atoms with Crippen molar-refractivity contribution in [1.82, 2.24) is 15.3 Å². The largest absolute Gasteiger partial charge is 0.474 e. The van der Waals surface area contributed by atoms with Gasteiger partial charge in [-0.2, -0.15) is 4.98 Å².